The third-order valence-electron chi connectivity index (χ3n) is 5.80. The molecule has 0 aromatic rings. The second kappa shape index (κ2) is 15.6. The summed E-state index contributed by atoms with van der Waals surface area (Å²) in [6.45, 7) is 4.72. The van der Waals surface area contributed by atoms with Gasteiger partial charge in [0.25, 0.3) is 0 Å². The van der Waals surface area contributed by atoms with Crippen LogP contribution in [0.1, 0.15) is 97.3 Å². The third-order valence-corrected chi connectivity index (χ3v) is 5.80. The smallest absolute Gasteiger partial charge is 0.305 e. The number of ether oxygens (including phenoxy) is 1. The summed E-state index contributed by atoms with van der Waals surface area (Å²) in [5, 5.41) is 20.3. The van der Waals surface area contributed by atoms with Gasteiger partial charge < -0.3 is 14.9 Å². The molecule has 0 aliphatic heterocycles. The molecule has 0 bridgehead atoms. The Morgan fingerprint density at radius 1 is 1.10 bits per heavy atom. The average molecular weight is 411 g/mol. The van der Waals surface area contributed by atoms with Gasteiger partial charge in [-0.2, -0.15) is 0 Å². The fraction of sp³-hybridized carbons (Fsp3) is 0.833. The fourth-order valence-electron chi connectivity index (χ4n) is 3.94. The maximum Gasteiger partial charge on any atom is 0.305 e. The van der Waals surface area contributed by atoms with Crippen molar-refractivity contribution >= 4 is 11.8 Å². The average Bonchev–Trinajstić information content (AvgIpc) is 2.95. The first kappa shape index (κ1) is 25.8. The van der Waals surface area contributed by atoms with E-state index in [-0.39, 0.29) is 30.0 Å². The number of unbranched alkanes of at least 4 members (excludes halogenated alkanes) is 6. The minimum atomic E-state index is -0.635. The maximum absolute atomic E-state index is 12.3. The van der Waals surface area contributed by atoms with Crippen LogP contribution in [0.25, 0.3) is 0 Å². The van der Waals surface area contributed by atoms with Crippen LogP contribution in [0.5, 0.6) is 0 Å². The van der Waals surface area contributed by atoms with Gasteiger partial charge >= 0.3 is 5.97 Å². The lowest BCUT2D eigenvalue weighted by Gasteiger charge is -2.18. The third kappa shape index (κ3) is 10.9. The summed E-state index contributed by atoms with van der Waals surface area (Å²) in [6.07, 6.45) is 13.5. The number of aliphatic hydroxyl groups is 2. The molecule has 0 unspecified atom stereocenters. The van der Waals surface area contributed by atoms with Gasteiger partial charge in [0.05, 0.1) is 18.8 Å². The highest BCUT2D eigenvalue weighted by atomic mass is 16.5. The number of hydrogen-bond acceptors (Lipinski definition) is 5. The number of esters is 1. The van der Waals surface area contributed by atoms with Gasteiger partial charge in [0.15, 0.2) is 0 Å². The van der Waals surface area contributed by atoms with Crippen LogP contribution in [-0.2, 0) is 14.3 Å². The van der Waals surface area contributed by atoms with E-state index in [4.69, 9.17) is 4.74 Å². The van der Waals surface area contributed by atoms with E-state index in [2.05, 4.69) is 13.8 Å². The van der Waals surface area contributed by atoms with Crippen LogP contribution in [-0.4, -0.2) is 40.8 Å². The van der Waals surface area contributed by atoms with E-state index in [1.807, 2.05) is 6.08 Å². The maximum atomic E-state index is 12.3. The first-order chi connectivity index (χ1) is 14.0. The first-order valence-corrected chi connectivity index (χ1v) is 11.7. The van der Waals surface area contributed by atoms with Gasteiger partial charge in [-0.1, -0.05) is 70.9 Å². The molecule has 168 valence electrons. The van der Waals surface area contributed by atoms with Gasteiger partial charge in [0.1, 0.15) is 5.78 Å². The molecular weight excluding hydrogens is 368 g/mol. The van der Waals surface area contributed by atoms with Crippen molar-refractivity contribution in [2.75, 3.05) is 6.61 Å². The first-order valence-electron chi connectivity index (χ1n) is 11.7. The van der Waals surface area contributed by atoms with Crippen LogP contribution >= 0.6 is 0 Å². The Bertz CT molecular complexity index is 488. The minimum Gasteiger partial charge on any atom is -0.466 e. The molecule has 0 saturated heterocycles. The summed E-state index contributed by atoms with van der Waals surface area (Å²) in [5.74, 6) is -0.317. The lowest BCUT2D eigenvalue weighted by molar-refractivity contribution is -0.143. The largest absolute Gasteiger partial charge is 0.466 e. The van der Waals surface area contributed by atoms with E-state index in [1.54, 1.807) is 6.08 Å². The number of carbonyl (C=O) groups excluding carboxylic acids is 2. The van der Waals surface area contributed by atoms with Crippen molar-refractivity contribution in [3.05, 3.63) is 12.2 Å². The Morgan fingerprint density at radius 2 is 1.83 bits per heavy atom. The van der Waals surface area contributed by atoms with E-state index in [9.17, 15) is 19.8 Å². The molecule has 5 nitrogen and oxygen atoms in total. The van der Waals surface area contributed by atoms with E-state index in [0.717, 1.165) is 70.6 Å². The molecule has 1 rings (SSSR count). The fourth-order valence-corrected chi connectivity index (χ4v) is 3.94. The van der Waals surface area contributed by atoms with Crippen molar-refractivity contribution in [2.24, 2.45) is 11.8 Å². The molecule has 1 saturated carbocycles. The van der Waals surface area contributed by atoms with Gasteiger partial charge in [-0.25, -0.2) is 0 Å². The van der Waals surface area contributed by atoms with Crippen molar-refractivity contribution in [3.8, 4) is 0 Å². The van der Waals surface area contributed by atoms with Crippen LogP contribution in [0, 0.1) is 11.8 Å². The lowest BCUT2D eigenvalue weighted by atomic mass is 9.88. The summed E-state index contributed by atoms with van der Waals surface area (Å²) in [7, 11) is 0. The Balaban J connectivity index is 2.28. The molecule has 0 heterocycles. The van der Waals surface area contributed by atoms with E-state index in [1.165, 1.54) is 0 Å². The van der Waals surface area contributed by atoms with Crippen molar-refractivity contribution in [2.45, 2.75) is 110 Å². The Hall–Kier alpha value is -1.20. The van der Waals surface area contributed by atoms with E-state index < -0.39 is 12.2 Å². The quantitative estimate of drug-likeness (QED) is 0.218. The molecule has 1 aliphatic rings. The summed E-state index contributed by atoms with van der Waals surface area (Å²) in [4.78, 5) is 23.8. The summed E-state index contributed by atoms with van der Waals surface area (Å²) in [5.41, 5.74) is 0. The van der Waals surface area contributed by atoms with Crippen LogP contribution in [0.3, 0.4) is 0 Å². The lowest BCUT2D eigenvalue weighted by Crippen LogP contribution is -2.19. The Kier molecular flexibility index (Phi) is 13.9. The minimum absolute atomic E-state index is 0.116. The van der Waals surface area contributed by atoms with Gasteiger partial charge in [-0.3, -0.25) is 9.59 Å². The molecule has 1 aliphatic carbocycles. The van der Waals surface area contributed by atoms with Crippen molar-refractivity contribution < 1.29 is 24.5 Å². The number of Topliss-reactive ketones (excluding diaryl/α,β-unsaturated/α-hetero) is 1. The molecule has 1 fully saturated rings. The highest BCUT2D eigenvalue weighted by Crippen LogP contribution is 2.34. The summed E-state index contributed by atoms with van der Waals surface area (Å²) in [6, 6.07) is 0. The number of aliphatic hydroxyl groups excluding tert-OH is 2. The zero-order chi connectivity index (χ0) is 21.5. The van der Waals surface area contributed by atoms with Crippen LogP contribution in [0.2, 0.25) is 0 Å². The van der Waals surface area contributed by atoms with E-state index >= 15 is 0 Å². The van der Waals surface area contributed by atoms with Crippen molar-refractivity contribution in [3.63, 3.8) is 0 Å². The molecule has 0 radical (unpaired) electrons. The van der Waals surface area contributed by atoms with Crippen molar-refractivity contribution in [1.82, 2.24) is 0 Å². The number of ketones is 1. The van der Waals surface area contributed by atoms with Crippen LogP contribution in [0.4, 0.5) is 0 Å². The number of hydrogen-bond donors (Lipinski definition) is 2. The van der Waals surface area contributed by atoms with Crippen LogP contribution < -0.4 is 0 Å². The normalized spacial score (nSPS) is 23.0. The molecule has 0 aromatic carbocycles. The molecule has 0 spiro atoms. The number of rotatable bonds is 16. The standard InChI is InChI=1S/C24H42O5/c1-3-5-9-12-19(25)15-16-21-20(22(26)18-23(21)27)13-10-7-8-11-14-24(28)29-17-6-4-2/h15-16,19-21,23,25,27H,3-14,17-18H2,1-2H3/b16-15+/t19-,20+,21+,23+/m0/s1. The predicted molar refractivity (Wildman–Crippen MR) is 115 cm³/mol. The van der Waals surface area contributed by atoms with Gasteiger partial charge in [0.2, 0.25) is 0 Å². The second-order valence-electron chi connectivity index (χ2n) is 8.40. The topological polar surface area (TPSA) is 83.8 Å². The second-order valence-corrected chi connectivity index (χ2v) is 8.40. The molecule has 2 N–H and O–H groups in total. The number of carbonyl (C=O) groups is 2. The zero-order valence-corrected chi connectivity index (χ0v) is 18.5. The zero-order valence-electron chi connectivity index (χ0n) is 18.5. The van der Waals surface area contributed by atoms with Gasteiger partial charge in [-0.15, -0.1) is 0 Å². The van der Waals surface area contributed by atoms with Crippen LogP contribution in [0.15, 0.2) is 12.2 Å². The monoisotopic (exact) mass is 410 g/mol. The van der Waals surface area contributed by atoms with Gasteiger partial charge in [-0.05, 0) is 25.7 Å². The van der Waals surface area contributed by atoms with Gasteiger partial charge in [0, 0.05) is 24.7 Å². The summed E-state index contributed by atoms with van der Waals surface area (Å²) >= 11 is 0. The molecule has 0 amide bonds. The highest BCUT2D eigenvalue weighted by molar-refractivity contribution is 5.84. The molecule has 0 aromatic heterocycles. The van der Waals surface area contributed by atoms with Crippen molar-refractivity contribution in [1.29, 1.82) is 0 Å². The Labute approximate surface area is 176 Å². The highest BCUT2D eigenvalue weighted by Gasteiger charge is 2.39. The predicted octanol–water partition coefficient (Wildman–Crippen LogP) is 4.73. The SMILES string of the molecule is CCCCC[C@H](O)/C=C/[C@H]1[C@H](O)CC(=O)[C@@H]1CCCCCCC(=O)OCCCC. The molecule has 5 heteroatoms. The molecule has 29 heavy (non-hydrogen) atoms. The molecular formula is C24H42O5. The molecule has 4 atom stereocenters. The Morgan fingerprint density at radius 3 is 2.55 bits per heavy atom. The summed E-state index contributed by atoms with van der Waals surface area (Å²) < 4.78 is 5.15. The van der Waals surface area contributed by atoms with E-state index in [0.29, 0.717) is 13.0 Å².